The minimum absolute atomic E-state index is 0.00358. The number of ketones is 1. The number of aromatic nitrogens is 1. The van der Waals surface area contributed by atoms with Crippen LogP contribution in [0.4, 0.5) is 5.69 Å². The normalized spacial score (nSPS) is 12.9. The van der Waals surface area contributed by atoms with Crippen molar-refractivity contribution in [3.63, 3.8) is 0 Å². The maximum atomic E-state index is 14.1. The topological polar surface area (TPSA) is 228 Å². The van der Waals surface area contributed by atoms with Crippen molar-refractivity contribution in [1.29, 1.82) is 0 Å². The minimum atomic E-state index is -4.03. The van der Waals surface area contributed by atoms with Gasteiger partial charge in [-0.2, -0.15) is 0 Å². The van der Waals surface area contributed by atoms with Crippen LogP contribution < -0.4 is 32.1 Å². The zero-order valence-corrected chi connectivity index (χ0v) is 30.2. The number of aliphatic imine (C=N–C) groups is 1. The van der Waals surface area contributed by atoms with Gasteiger partial charge in [0.05, 0.1) is 11.8 Å². The molecule has 274 valence electrons. The van der Waals surface area contributed by atoms with Crippen LogP contribution in [0.3, 0.4) is 0 Å². The van der Waals surface area contributed by atoms with E-state index in [1.54, 1.807) is 90.3 Å². The van der Waals surface area contributed by atoms with Crippen molar-refractivity contribution in [2.45, 2.75) is 56.5 Å². The zero-order chi connectivity index (χ0) is 37.5. The molecule has 16 heteroatoms. The summed E-state index contributed by atoms with van der Waals surface area (Å²) < 4.78 is 29.3. The van der Waals surface area contributed by atoms with Gasteiger partial charge in [0.2, 0.25) is 33.5 Å². The Hall–Kier alpha value is -5.45. The molecule has 3 aromatic carbocycles. The third kappa shape index (κ3) is 13.0. The van der Waals surface area contributed by atoms with E-state index in [4.69, 9.17) is 11.5 Å². The zero-order valence-electron chi connectivity index (χ0n) is 28.5. The van der Waals surface area contributed by atoms with Crippen LogP contribution in [0.2, 0.25) is 0 Å². The summed E-state index contributed by atoms with van der Waals surface area (Å²) in [5.41, 5.74) is 13.3. The highest BCUT2D eigenvalue weighted by Crippen LogP contribution is 2.15. The molecule has 3 amide bonds. The summed E-state index contributed by atoms with van der Waals surface area (Å²) in [4.78, 5) is 61.2. The molecule has 52 heavy (non-hydrogen) atoms. The number of rotatable bonds is 19. The van der Waals surface area contributed by atoms with Gasteiger partial charge in [0.1, 0.15) is 12.1 Å². The van der Waals surface area contributed by atoms with E-state index in [0.29, 0.717) is 28.8 Å². The lowest BCUT2D eigenvalue weighted by atomic mass is 10.0. The van der Waals surface area contributed by atoms with Gasteiger partial charge in [0.15, 0.2) is 11.0 Å². The van der Waals surface area contributed by atoms with Gasteiger partial charge in [0, 0.05) is 37.2 Å². The Morgan fingerprint density at radius 1 is 0.788 bits per heavy atom. The molecule has 8 N–H and O–H groups in total. The molecule has 0 fully saturated rings. The van der Waals surface area contributed by atoms with E-state index in [9.17, 15) is 27.6 Å². The van der Waals surface area contributed by atoms with Crippen LogP contribution >= 0.6 is 11.3 Å². The number of benzene rings is 3. The van der Waals surface area contributed by atoms with Crippen LogP contribution in [0.1, 0.15) is 46.3 Å². The average molecular weight is 747 g/mol. The molecule has 3 atom stereocenters. The number of nitrogens with one attached hydrogen (secondary N) is 4. The van der Waals surface area contributed by atoms with Crippen molar-refractivity contribution in [2.24, 2.45) is 16.5 Å². The lowest BCUT2D eigenvalue weighted by Gasteiger charge is -2.25. The summed E-state index contributed by atoms with van der Waals surface area (Å²) >= 11 is 1.12. The molecule has 0 aliphatic heterocycles. The Kier molecular flexibility index (Phi) is 14.6. The first kappa shape index (κ1) is 39.3. The Balaban J connectivity index is 1.62. The number of carbonyl (C=O) groups excluding carboxylic acids is 4. The summed E-state index contributed by atoms with van der Waals surface area (Å²) in [5, 5.41) is 10.1. The fourth-order valence-electron chi connectivity index (χ4n) is 5.27. The molecule has 0 bridgehead atoms. The van der Waals surface area contributed by atoms with Gasteiger partial charge in [-0.25, -0.2) is 18.1 Å². The van der Waals surface area contributed by atoms with Crippen LogP contribution in [-0.2, 0) is 43.0 Å². The number of hydrogen-bond acceptors (Lipinski definition) is 9. The molecule has 0 unspecified atom stereocenters. The monoisotopic (exact) mass is 746 g/mol. The SMILES string of the molecule is CC(=O)Nc1ccc(C[C@H](NC(=O)[C@@H](Cc2ccccc2)NS(=O)(=O)Cc2ccccc2)C(=O)N[C@@H](CCCN=C(N)N)C(=O)c2nccs2)cc1. The molecule has 4 rings (SSSR count). The van der Waals surface area contributed by atoms with Crippen molar-refractivity contribution in [2.75, 3.05) is 11.9 Å². The summed E-state index contributed by atoms with van der Waals surface area (Å²) in [6.45, 7) is 1.59. The standard InChI is InChI=1S/C36H42N8O6S2/c1-24(45)41-28-16-14-26(15-17-28)21-30(33(47)42-29(13-8-18-40-36(37)38)32(46)35-39-19-20-51-35)43-34(48)31(22-25-9-4-2-5-10-25)44-52(49,50)23-27-11-6-3-7-12-27/h2-7,9-12,14-17,19-20,29-31,44H,8,13,18,21-23H2,1H3,(H,41,45)(H,42,47)(H,43,48)(H4,37,38,40)/t29-,30-,31+/m0/s1. The molecule has 0 saturated heterocycles. The van der Waals surface area contributed by atoms with Gasteiger partial charge < -0.3 is 27.4 Å². The summed E-state index contributed by atoms with van der Waals surface area (Å²) in [5.74, 6) is -2.57. The Bertz CT molecular complexity index is 1920. The molecule has 14 nitrogen and oxygen atoms in total. The largest absolute Gasteiger partial charge is 0.370 e. The molecule has 1 heterocycles. The number of Topliss-reactive ketones (excluding diaryl/α,β-unsaturated/α-hetero) is 1. The number of hydrogen-bond donors (Lipinski definition) is 6. The molecule has 0 radical (unpaired) electrons. The molecule has 1 aromatic heterocycles. The quantitative estimate of drug-likeness (QED) is 0.0358. The van der Waals surface area contributed by atoms with E-state index in [1.807, 2.05) is 0 Å². The molecule has 0 aliphatic rings. The summed E-state index contributed by atoms with van der Waals surface area (Å²) in [7, 11) is -4.03. The van der Waals surface area contributed by atoms with Crippen LogP contribution in [0.5, 0.6) is 0 Å². The first-order chi connectivity index (χ1) is 24.9. The Labute approximate surface area is 306 Å². The minimum Gasteiger partial charge on any atom is -0.370 e. The second-order valence-electron chi connectivity index (χ2n) is 12.0. The highest BCUT2D eigenvalue weighted by Gasteiger charge is 2.32. The number of thiazole rings is 1. The molecule has 0 aliphatic carbocycles. The molecular formula is C36H42N8O6S2. The highest BCUT2D eigenvalue weighted by atomic mass is 32.2. The van der Waals surface area contributed by atoms with Crippen LogP contribution in [0.25, 0.3) is 0 Å². The summed E-state index contributed by atoms with van der Waals surface area (Å²) in [6.07, 6.45) is 1.97. The lowest BCUT2D eigenvalue weighted by molar-refractivity contribution is -0.130. The van der Waals surface area contributed by atoms with Gasteiger partial charge >= 0.3 is 0 Å². The molecule has 4 aromatic rings. The second kappa shape index (κ2) is 19.2. The van der Waals surface area contributed by atoms with E-state index in [2.05, 4.69) is 30.6 Å². The molecular weight excluding hydrogens is 705 g/mol. The first-order valence-corrected chi connectivity index (χ1v) is 19.0. The van der Waals surface area contributed by atoms with Crippen molar-refractivity contribution in [3.05, 3.63) is 118 Å². The Morgan fingerprint density at radius 2 is 1.37 bits per heavy atom. The first-order valence-electron chi connectivity index (χ1n) is 16.4. The number of nitrogens with zero attached hydrogens (tertiary/aromatic N) is 2. The van der Waals surface area contributed by atoms with Crippen molar-refractivity contribution in [1.82, 2.24) is 20.3 Å². The molecule has 0 saturated carbocycles. The van der Waals surface area contributed by atoms with E-state index >= 15 is 0 Å². The van der Waals surface area contributed by atoms with Gasteiger partial charge in [-0.1, -0.05) is 72.8 Å². The van der Waals surface area contributed by atoms with Gasteiger partial charge in [-0.3, -0.25) is 24.2 Å². The average Bonchev–Trinajstić information content (AvgIpc) is 3.65. The maximum absolute atomic E-state index is 14.1. The number of sulfonamides is 1. The van der Waals surface area contributed by atoms with Crippen LogP contribution in [0, 0.1) is 0 Å². The van der Waals surface area contributed by atoms with Crippen molar-refractivity contribution < 1.29 is 27.6 Å². The fourth-order valence-corrected chi connectivity index (χ4v) is 7.24. The number of amides is 3. The lowest BCUT2D eigenvalue weighted by Crippen LogP contribution is -2.57. The van der Waals surface area contributed by atoms with Crippen molar-refractivity contribution in [3.8, 4) is 0 Å². The van der Waals surface area contributed by atoms with Gasteiger partial charge in [0.25, 0.3) is 0 Å². The fraction of sp³-hybridized carbons (Fsp3) is 0.278. The smallest absolute Gasteiger partial charge is 0.243 e. The van der Waals surface area contributed by atoms with Crippen molar-refractivity contribution >= 4 is 56.5 Å². The number of carbonyl (C=O) groups is 4. The maximum Gasteiger partial charge on any atom is 0.243 e. The molecule has 0 spiro atoms. The van der Waals surface area contributed by atoms with E-state index in [-0.39, 0.29) is 48.4 Å². The third-order valence-electron chi connectivity index (χ3n) is 7.69. The van der Waals surface area contributed by atoms with E-state index in [0.717, 1.165) is 11.3 Å². The predicted octanol–water partition coefficient (Wildman–Crippen LogP) is 2.28. The highest BCUT2D eigenvalue weighted by molar-refractivity contribution is 7.88. The van der Waals surface area contributed by atoms with E-state index < -0.39 is 45.7 Å². The predicted molar refractivity (Wildman–Crippen MR) is 201 cm³/mol. The number of nitrogens with two attached hydrogens (primary N) is 2. The van der Waals surface area contributed by atoms with Crippen LogP contribution in [-0.4, -0.2) is 67.5 Å². The Morgan fingerprint density at radius 3 is 1.96 bits per heavy atom. The van der Waals surface area contributed by atoms with Crippen LogP contribution in [0.15, 0.2) is 101 Å². The van der Waals surface area contributed by atoms with Gasteiger partial charge in [-0.15, -0.1) is 11.3 Å². The summed E-state index contributed by atoms with van der Waals surface area (Å²) in [6, 6.07) is 20.6. The van der Waals surface area contributed by atoms with E-state index in [1.165, 1.54) is 13.1 Å². The van der Waals surface area contributed by atoms with Gasteiger partial charge in [-0.05, 0) is 48.1 Å². The third-order valence-corrected chi connectivity index (χ3v) is 9.83. The second-order valence-corrected chi connectivity index (χ2v) is 14.6. The number of guanidine groups is 1. The number of anilines is 1.